The number of rotatable bonds is 5. The molecule has 2 N–H and O–H groups in total. The maximum Gasteiger partial charge on any atom is 0.264 e. The first-order valence-corrected chi connectivity index (χ1v) is 11.6. The van der Waals surface area contributed by atoms with E-state index in [1.807, 2.05) is 48.2 Å². The van der Waals surface area contributed by atoms with Gasteiger partial charge in [0.2, 0.25) is 5.91 Å². The number of imidazole rings is 1. The Morgan fingerprint density at radius 1 is 1.16 bits per heavy atom. The first-order valence-electron chi connectivity index (χ1n) is 10.8. The molecule has 1 aliphatic carbocycles. The van der Waals surface area contributed by atoms with Crippen LogP contribution in [0.15, 0.2) is 36.4 Å². The summed E-state index contributed by atoms with van der Waals surface area (Å²) in [5.41, 5.74) is 1.95. The van der Waals surface area contributed by atoms with Gasteiger partial charge in [0.25, 0.3) is 5.91 Å². The number of thiophene rings is 1. The van der Waals surface area contributed by atoms with Crippen molar-refractivity contribution >= 4 is 34.2 Å². The van der Waals surface area contributed by atoms with Crippen molar-refractivity contribution in [3.05, 3.63) is 52.0 Å². The molecule has 1 aromatic carbocycles. The standard InChI is InChI=1S/C23H27N5O2S/c1-14(19-7-8-20(31-19)23(30)28-11-9-27(2)10-12-28)24-22(29)16-13-15(16)21-25-17-5-3-4-6-18(17)26-21/h3-8,14-16H,9-13H2,1-2H3,(H,24,29)(H,25,26)/t14-,15-,16-/m1/s1. The van der Waals surface area contributed by atoms with Crippen molar-refractivity contribution in [1.29, 1.82) is 0 Å². The molecule has 3 heterocycles. The Morgan fingerprint density at radius 3 is 2.71 bits per heavy atom. The molecule has 2 aromatic heterocycles. The van der Waals surface area contributed by atoms with Crippen molar-refractivity contribution in [2.24, 2.45) is 5.92 Å². The minimum Gasteiger partial charge on any atom is -0.349 e. The third-order valence-corrected chi connectivity index (χ3v) is 7.56. The molecule has 31 heavy (non-hydrogen) atoms. The van der Waals surface area contributed by atoms with E-state index in [0.29, 0.717) is 0 Å². The summed E-state index contributed by atoms with van der Waals surface area (Å²) in [5.74, 6) is 1.14. The van der Waals surface area contributed by atoms with Gasteiger partial charge >= 0.3 is 0 Å². The Bertz CT molecular complexity index is 1080. The summed E-state index contributed by atoms with van der Waals surface area (Å²) in [6.45, 7) is 5.32. The van der Waals surface area contributed by atoms with Gasteiger partial charge in [-0.05, 0) is 44.7 Å². The van der Waals surface area contributed by atoms with Gasteiger partial charge in [-0.3, -0.25) is 9.59 Å². The molecule has 1 saturated carbocycles. The minimum atomic E-state index is -0.122. The van der Waals surface area contributed by atoms with E-state index in [2.05, 4.69) is 27.2 Å². The summed E-state index contributed by atoms with van der Waals surface area (Å²) in [6.07, 6.45) is 0.815. The summed E-state index contributed by atoms with van der Waals surface area (Å²) in [4.78, 5) is 39.4. The number of benzene rings is 1. The number of aromatic amines is 1. The molecule has 0 bridgehead atoms. The Labute approximate surface area is 185 Å². The number of aromatic nitrogens is 2. The van der Waals surface area contributed by atoms with Crippen LogP contribution in [0, 0.1) is 5.92 Å². The van der Waals surface area contributed by atoms with Gasteiger partial charge in [-0.2, -0.15) is 0 Å². The summed E-state index contributed by atoms with van der Waals surface area (Å²) >= 11 is 1.48. The smallest absolute Gasteiger partial charge is 0.264 e. The number of hydrogen-bond acceptors (Lipinski definition) is 5. The van der Waals surface area contributed by atoms with Gasteiger partial charge in [0.1, 0.15) is 5.82 Å². The molecule has 5 rings (SSSR count). The largest absolute Gasteiger partial charge is 0.349 e. The highest BCUT2D eigenvalue weighted by molar-refractivity contribution is 7.14. The zero-order valence-electron chi connectivity index (χ0n) is 17.8. The molecule has 2 aliphatic rings. The number of hydrogen-bond donors (Lipinski definition) is 2. The number of nitrogens with one attached hydrogen (secondary N) is 2. The average Bonchev–Trinajstić information content (AvgIpc) is 3.21. The molecule has 2 amide bonds. The van der Waals surface area contributed by atoms with Gasteiger partial charge in [0.15, 0.2) is 0 Å². The van der Waals surface area contributed by atoms with Crippen LogP contribution in [0.5, 0.6) is 0 Å². The molecule has 0 spiro atoms. The van der Waals surface area contributed by atoms with E-state index in [1.165, 1.54) is 11.3 Å². The van der Waals surface area contributed by atoms with Crippen LogP contribution in [0.2, 0.25) is 0 Å². The Hall–Kier alpha value is -2.71. The molecule has 1 aliphatic heterocycles. The summed E-state index contributed by atoms with van der Waals surface area (Å²) in [7, 11) is 2.08. The first-order chi connectivity index (χ1) is 15.0. The van der Waals surface area contributed by atoms with Gasteiger partial charge in [-0.25, -0.2) is 4.98 Å². The lowest BCUT2D eigenvalue weighted by atomic mass is 10.2. The quantitative estimate of drug-likeness (QED) is 0.643. The van der Waals surface area contributed by atoms with E-state index in [-0.39, 0.29) is 29.7 Å². The number of fused-ring (bicyclic) bond motifs is 1. The minimum absolute atomic E-state index is 0.0468. The molecule has 3 aromatic rings. The molecule has 162 valence electrons. The van der Waals surface area contributed by atoms with Crippen molar-refractivity contribution in [3.63, 3.8) is 0 Å². The van der Waals surface area contributed by atoms with Crippen LogP contribution >= 0.6 is 11.3 Å². The molecule has 1 saturated heterocycles. The Balaban J connectivity index is 1.18. The highest BCUT2D eigenvalue weighted by atomic mass is 32.1. The van der Waals surface area contributed by atoms with Gasteiger partial charge in [0, 0.05) is 42.9 Å². The van der Waals surface area contributed by atoms with Crippen molar-refractivity contribution in [1.82, 2.24) is 25.1 Å². The fourth-order valence-corrected chi connectivity index (χ4v) is 5.17. The second-order valence-electron chi connectivity index (χ2n) is 8.62. The average molecular weight is 438 g/mol. The van der Waals surface area contributed by atoms with Gasteiger partial charge in [-0.1, -0.05) is 12.1 Å². The topological polar surface area (TPSA) is 81.3 Å². The van der Waals surface area contributed by atoms with E-state index in [4.69, 9.17) is 0 Å². The molecule has 0 unspecified atom stereocenters. The molecule has 8 heteroatoms. The molecular weight excluding hydrogens is 410 g/mol. The normalized spacial score (nSPS) is 22.5. The number of carbonyl (C=O) groups is 2. The molecule has 7 nitrogen and oxygen atoms in total. The van der Waals surface area contributed by atoms with Crippen LogP contribution in [0.1, 0.15) is 45.7 Å². The number of piperazine rings is 1. The number of H-pyrrole nitrogens is 1. The fraction of sp³-hybridized carbons (Fsp3) is 0.435. The molecule has 3 atom stereocenters. The lowest BCUT2D eigenvalue weighted by molar-refractivity contribution is -0.123. The highest BCUT2D eigenvalue weighted by Gasteiger charge is 2.46. The van der Waals surface area contributed by atoms with Crippen molar-refractivity contribution < 1.29 is 9.59 Å². The highest BCUT2D eigenvalue weighted by Crippen LogP contribution is 2.47. The van der Waals surface area contributed by atoms with Crippen LogP contribution in [0.25, 0.3) is 11.0 Å². The van der Waals surface area contributed by atoms with E-state index in [9.17, 15) is 9.59 Å². The fourth-order valence-electron chi connectivity index (χ4n) is 4.19. The van der Waals surface area contributed by atoms with Crippen LogP contribution in [-0.2, 0) is 4.79 Å². The maximum atomic E-state index is 12.8. The van der Waals surface area contributed by atoms with Crippen molar-refractivity contribution in [2.75, 3.05) is 33.2 Å². The van der Waals surface area contributed by atoms with Crippen LogP contribution in [-0.4, -0.2) is 64.8 Å². The van der Waals surface area contributed by atoms with E-state index in [0.717, 1.165) is 59.2 Å². The lowest BCUT2D eigenvalue weighted by Gasteiger charge is -2.32. The number of para-hydroxylation sites is 2. The van der Waals surface area contributed by atoms with E-state index < -0.39 is 0 Å². The zero-order chi connectivity index (χ0) is 21.5. The Morgan fingerprint density at radius 2 is 1.94 bits per heavy atom. The second kappa shape index (κ2) is 8.09. The number of nitrogens with zero attached hydrogens (tertiary/aromatic N) is 3. The zero-order valence-corrected chi connectivity index (χ0v) is 18.6. The lowest BCUT2D eigenvalue weighted by Crippen LogP contribution is -2.46. The van der Waals surface area contributed by atoms with Crippen LogP contribution in [0.4, 0.5) is 0 Å². The Kier molecular flexibility index (Phi) is 5.27. The number of likely N-dealkylation sites (N-methyl/N-ethyl adjacent to an activating group) is 1. The van der Waals surface area contributed by atoms with Crippen molar-refractivity contribution in [2.45, 2.75) is 25.3 Å². The molecule has 0 radical (unpaired) electrons. The number of carbonyl (C=O) groups excluding carboxylic acids is 2. The first kappa shape index (κ1) is 20.2. The third-order valence-electron chi connectivity index (χ3n) is 6.30. The van der Waals surface area contributed by atoms with Crippen LogP contribution < -0.4 is 5.32 Å². The van der Waals surface area contributed by atoms with E-state index >= 15 is 0 Å². The summed E-state index contributed by atoms with van der Waals surface area (Å²) < 4.78 is 0. The van der Waals surface area contributed by atoms with E-state index in [1.54, 1.807) is 0 Å². The predicted octanol–water partition coefficient (Wildman–Crippen LogP) is 2.99. The SMILES string of the molecule is C[C@@H](NC(=O)[C@@H]1C[C@H]1c1nc2ccccc2[nH]1)c1ccc(C(=O)N2CCN(C)CC2)s1. The van der Waals surface area contributed by atoms with Gasteiger partial charge in [-0.15, -0.1) is 11.3 Å². The monoisotopic (exact) mass is 437 g/mol. The maximum absolute atomic E-state index is 12.8. The van der Waals surface area contributed by atoms with Gasteiger partial charge < -0.3 is 20.1 Å². The predicted molar refractivity (Wildman–Crippen MR) is 121 cm³/mol. The number of amides is 2. The summed E-state index contributed by atoms with van der Waals surface area (Å²) in [5, 5.41) is 3.13. The summed E-state index contributed by atoms with van der Waals surface area (Å²) in [6, 6.07) is 11.7. The third kappa shape index (κ3) is 4.09. The van der Waals surface area contributed by atoms with Crippen LogP contribution in [0.3, 0.4) is 0 Å². The second-order valence-corrected chi connectivity index (χ2v) is 9.73. The van der Waals surface area contributed by atoms with Gasteiger partial charge in [0.05, 0.1) is 22.0 Å². The molecule has 2 fully saturated rings. The van der Waals surface area contributed by atoms with Crippen molar-refractivity contribution in [3.8, 4) is 0 Å². The molecular formula is C23H27N5O2S.